The van der Waals surface area contributed by atoms with Gasteiger partial charge in [0.2, 0.25) is 0 Å². The van der Waals surface area contributed by atoms with E-state index >= 15 is 0 Å². The Morgan fingerprint density at radius 3 is 2.72 bits per heavy atom. The molecule has 0 amide bonds. The molecular weight excluding hydrogens is 230 g/mol. The van der Waals surface area contributed by atoms with Crippen LogP contribution in [0.2, 0.25) is 0 Å². The van der Waals surface area contributed by atoms with Crippen LogP contribution in [0.25, 0.3) is 0 Å². The second-order valence-electron chi connectivity index (χ2n) is 4.36. The number of aliphatic hydroxyl groups is 1. The minimum Gasteiger partial charge on any atom is -0.510 e. The summed E-state index contributed by atoms with van der Waals surface area (Å²) in [6, 6.07) is 10.1. The normalized spacial score (nSPS) is 16.7. The summed E-state index contributed by atoms with van der Waals surface area (Å²) in [6.07, 6.45) is 0.533. The molecule has 0 spiro atoms. The molecule has 0 aliphatic carbocycles. The molecule has 0 saturated heterocycles. The van der Waals surface area contributed by atoms with E-state index in [-0.39, 0.29) is 5.76 Å². The van der Waals surface area contributed by atoms with Gasteiger partial charge in [-0.05, 0) is 12.0 Å². The lowest BCUT2D eigenvalue weighted by molar-refractivity contribution is -0.136. The number of aliphatic hydroxyl groups excluding tert-OH is 1. The Labute approximate surface area is 106 Å². The third-order valence-corrected chi connectivity index (χ3v) is 3.08. The Morgan fingerprint density at radius 2 is 2.11 bits per heavy atom. The quantitative estimate of drug-likeness (QED) is 0.828. The monoisotopic (exact) mass is 247 g/mol. The van der Waals surface area contributed by atoms with Gasteiger partial charge in [-0.3, -0.25) is 4.90 Å². The molecule has 96 valence electrons. The molecule has 4 heteroatoms. The molecule has 0 bridgehead atoms. The van der Waals surface area contributed by atoms with Gasteiger partial charge in [-0.15, -0.1) is 0 Å². The fourth-order valence-electron chi connectivity index (χ4n) is 2.12. The Hall–Kier alpha value is -1.81. The summed E-state index contributed by atoms with van der Waals surface area (Å²) in [5, 5.41) is 9.86. The fraction of sp³-hybridized carbons (Fsp3) is 0.357. The van der Waals surface area contributed by atoms with Gasteiger partial charge in [0.15, 0.2) is 0 Å². The average molecular weight is 247 g/mol. The number of carbonyl (C=O) groups is 1. The van der Waals surface area contributed by atoms with Crippen LogP contribution in [0.15, 0.2) is 41.7 Å². The SMILES string of the molecule is COC(=O)C1=C(O)CN(Cc2ccccc2)CC1. The van der Waals surface area contributed by atoms with Crippen LogP contribution in [0.4, 0.5) is 0 Å². The molecule has 4 nitrogen and oxygen atoms in total. The maximum absolute atomic E-state index is 11.4. The average Bonchev–Trinajstić information content (AvgIpc) is 2.39. The van der Waals surface area contributed by atoms with Crippen molar-refractivity contribution in [3.05, 3.63) is 47.2 Å². The number of methoxy groups -OCH3 is 1. The molecule has 1 aromatic carbocycles. The van der Waals surface area contributed by atoms with Crippen LogP contribution in [-0.2, 0) is 16.1 Å². The Bertz CT molecular complexity index is 453. The van der Waals surface area contributed by atoms with Crippen molar-refractivity contribution < 1.29 is 14.6 Å². The minimum absolute atomic E-state index is 0.129. The number of nitrogens with zero attached hydrogens (tertiary/aromatic N) is 1. The summed E-state index contributed by atoms with van der Waals surface area (Å²) in [5.74, 6) is -0.295. The van der Waals surface area contributed by atoms with E-state index in [9.17, 15) is 9.90 Å². The molecule has 0 unspecified atom stereocenters. The lowest BCUT2D eigenvalue weighted by Crippen LogP contribution is -2.33. The zero-order chi connectivity index (χ0) is 13.0. The summed E-state index contributed by atoms with van der Waals surface area (Å²) in [4.78, 5) is 13.5. The van der Waals surface area contributed by atoms with E-state index in [1.54, 1.807) is 0 Å². The molecule has 0 saturated carbocycles. The molecule has 2 rings (SSSR count). The lowest BCUT2D eigenvalue weighted by Gasteiger charge is -2.27. The zero-order valence-electron chi connectivity index (χ0n) is 10.4. The maximum atomic E-state index is 11.4. The van der Waals surface area contributed by atoms with Crippen molar-refractivity contribution in [2.75, 3.05) is 20.2 Å². The molecule has 0 atom stereocenters. The van der Waals surface area contributed by atoms with Crippen LogP contribution in [-0.4, -0.2) is 36.2 Å². The molecule has 0 radical (unpaired) electrons. The fourth-order valence-corrected chi connectivity index (χ4v) is 2.12. The Kier molecular flexibility index (Phi) is 3.99. The van der Waals surface area contributed by atoms with Crippen LogP contribution < -0.4 is 0 Å². The third kappa shape index (κ3) is 2.90. The summed E-state index contributed by atoms with van der Waals surface area (Å²) in [6.45, 7) is 1.93. The smallest absolute Gasteiger partial charge is 0.337 e. The number of hydrogen-bond donors (Lipinski definition) is 1. The minimum atomic E-state index is -0.424. The summed E-state index contributed by atoms with van der Waals surface area (Å²) in [7, 11) is 1.33. The first-order valence-corrected chi connectivity index (χ1v) is 5.96. The molecule has 1 heterocycles. The van der Waals surface area contributed by atoms with E-state index in [1.165, 1.54) is 12.7 Å². The molecule has 0 aromatic heterocycles. The molecule has 0 fully saturated rings. The third-order valence-electron chi connectivity index (χ3n) is 3.08. The van der Waals surface area contributed by atoms with Gasteiger partial charge < -0.3 is 9.84 Å². The predicted molar refractivity (Wildman–Crippen MR) is 68.0 cm³/mol. The van der Waals surface area contributed by atoms with Crippen molar-refractivity contribution in [3.8, 4) is 0 Å². The van der Waals surface area contributed by atoms with E-state index in [0.29, 0.717) is 18.5 Å². The molecule has 1 N–H and O–H groups in total. The molecule has 1 aliphatic rings. The number of esters is 1. The van der Waals surface area contributed by atoms with Crippen LogP contribution >= 0.6 is 0 Å². The highest BCUT2D eigenvalue weighted by molar-refractivity contribution is 5.89. The van der Waals surface area contributed by atoms with Gasteiger partial charge in [0.25, 0.3) is 0 Å². The first-order valence-electron chi connectivity index (χ1n) is 5.96. The van der Waals surface area contributed by atoms with E-state index in [0.717, 1.165) is 13.1 Å². The van der Waals surface area contributed by atoms with Crippen molar-refractivity contribution in [3.63, 3.8) is 0 Å². The highest BCUT2D eigenvalue weighted by Crippen LogP contribution is 2.19. The van der Waals surface area contributed by atoms with Crippen molar-refractivity contribution in [2.24, 2.45) is 0 Å². The van der Waals surface area contributed by atoms with E-state index < -0.39 is 5.97 Å². The standard InChI is InChI=1S/C14H17NO3/c1-18-14(17)12-7-8-15(10-13(12)16)9-11-5-3-2-4-6-11/h2-6,16H,7-10H2,1H3. The van der Waals surface area contributed by atoms with Gasteiger partial charge in [-0.25, -0.2) is 4.79 Å². The highest BCUT2D eigenvalue weighted by atomic mass is 16.5. The number of carbonyl (C=O) groups excluding carboxylic acids is 1. The van der Waals surface area contributed by atoms with Crippen molar-refractivity contribution in [1.29, 1.82) is 0 Å². The predicted octanol–water partition coefficient (Wildman–Crippen LogP) is 1.88. The van der Waals surface area contributed by atoms with Gasteiger partial charge in [0.05, 0.1) is 19.2 Å². The number of hydrogen-bond acceptors (Lipinski definition) is 4. The largest absolute Gasteiger partial charge is 0.510 e. The van der Waals surface area contributed by atoms with Crippen molar-refractivity contribution in [1.82, 2.24) is 4.90 Å². The van der Waals surface area contributed by atoms with E-state index in [1.807, 2.05) is 18.2 Å². The molecular formula is C14H17NO3. The molecule has 1 aliphatic heterocycles. The summed E-state index contributed by atoms with van der Waals surface area (Å²) >= 11 is 0. The van der Waals surface area contributed by atoms with Gasteiger partial charge in [-0.2, -0.15) is 0 Å². The van der Waals surface area contributed by atoms with Gasteiger partial charge in [-0.1, -0.05) is 30.3 Å². The zero-order valence-corrected chi connectivity index (χ0v) is 10.4. The second-order valence-corrected chi connectivity index (χ2v) is 4.36. The van der Waals surface area contributed by atoms with Crippen LogP contribution in [0.3, 0.4) is 0 Å². The number of rotatable bonds is 3. The Balaban J connectivity index is 2.01. The van der Waals surface area contributed by atoms with Gasteiger partial charge >= 0.3 is 5.97 Å². The molecule has 18 heavy (non-hydrogen) atoms. The summed E-state index contributed by atoms with van der Waals surface area (Å²) < 4.78 is 4.64. The van der Waals surface area contributed by atoms with Crippen molar-refractivity contribution >= 4 is 5.97 Å². The Morgan fingerprint density at radius 1 is 1.39 bits per heavy atom. The highest BCUT2D eigenvalue weighted by Gasteiger charge is 2.23. The summed E-state index contributed by atoms with van der Waals surface area (Å²) in [5.41, 5.74) is 1.61. The van der Waals surface area contributed by atoms with Crippen molar-refractivity contribution in [2.45, 2.75) is 13.0 Å². The lowest BCUT2D eigenvalue weighted by atomic mass is 10.1. The molecule has 1 aromatic rings. The van der Waals surface area contributed by atoms with Gasteiger partial charge in [0, 0.05) is 13.1 Å². The number of benzene rings is 1. The number of ether oxygens (including phenoxy) is 1. The van der Waals surface area contributed by atoms with Crippen LogP contribution in [0.1, 0.15) is 12.0 Å². The van der Waals surface area contributed by atoms with E-state index in [4.69, 9.17) is 0 Å². The van der Waals surface area contributed by atoms with Crippen LogP contribution in [0.5, 0.6) is 0 Å². The topological polar surface area (TPSA) is 49.8 Å². The van der Waals surface area contributed by atoms with Gasteiger partial charge in [0.1, 0.15) is 5.76 Å². The van der Waals surface area contributed by atoms with Crippen LogP contribution in [0, 0.1) is 0 Å². The second kappa shape index (κ2) is 5.69. The maximum Gasteiger partial charge on any atom is 0.337 e. The first kappa shape index (κ1) is 12.6. The first-order chi connectivity index (χ1) is 8.70. The van der Waals surface area contributed by atoms with E-state index in [2.05, 4.69) is 21.8 Å².